The molecule has 3 rings (SSSR count). The van der Waals surface area contributed by atoms with Crippen LogP contribution in [0.25, 0.3) is 21.9 Å². The number of rotatable bonds is 6. The Hall–Kier alpha value is -2.86. The van der Waals surface area contributed by atoms with Crippen molar-refractivity contribution in [3.05, 3.63) is 42.0 Å². The molecule has 1 aromatic heterocycles. The van der Waals surface area contributed by atoms with Crippen LogP contribution < -0.4 is 4.72 Å². The molecule has 0 saturated heterocycles. The van der Waals surface area contributed by atoms with Gasteiger partial charge in [0.05, 0.1) is 4.90 Å². The number of fused-ring (bicyclic) bond motifs is 3. The van der Waals surface area contributed by atoms with Crippen molar-refractivity contribution >= 4 is 37.9 Å². The Morgan fingerprint density at radius 3 is 2.45 bits per heavy atom. The summed E-state index contributed by atoms with van der Waals surface area (Å²) < 4.78 is 44.9. The SMILES string of the molecule is COCC#Cc1ccc2oc3cc(S(=O)(=O)NC(C(=O)OC(C)(C)C)C(C)C)ccc3c2c1. The average Bonchev–Trinajstić information content (AvgIpc) is 3.08. The second kappa shape index (κ2) is 9.56. The van der Waals surface area contributed by atoms with Gasteiger partial charge in [-0.15, -0.1) is 0 Å². The molecule has 33 heavy (non-hydrogen) atoms. The van der Waals surface area contributed by atoms with Gasteiger partial charge in [-0.1, -0.05) is 25.7 Å². The molecule has 0 aliphatic rings. The average molecular weight is 472 g/mol. The lowest BCUT2D eigenvalue weighted by atomic mass is 10.1. The summed E-state index contributed by atoms with van der Waals surface area (Å²) in [5.41, 5.74) is 1.12. The van der Waals surface area contributed by atoms with Gasteiger partial charge in [-0.2, -0.15) is 4.72 Å². The molecule has 1 unspecified atom stereocenters. The van der Waals surface area contributed by atoms with Crippen molar-refractivity contribution in [2.24, 2.45) is 5.92 Å². The fourth-order valence-electron chi connectivity index (χ4n) is 3.27. The lowest BCUT2D eigenvalue weighted by molar-refractivity contribution is -0.158. The molecule has 0 aliphatic heterocycles. The molecule has 1 N–H and O–H groups in total. The maximum atomic E-state index is 13.1. The highest BCUT2D eigenvalue weighted by molar-refractivity contribution is 7.89. The van der Waals surface area contributed by atoms with Crippen molar-refractivity contribution < 1.29 is 27.1 Å². The summed E-state index contributed by atoms with van der Waals surface area (Å²) in [5, 5.41) is 1.60. The lowest BCUT2D eigenvalue weighted by Crippen LogP contribution is -2.47. The second-order valence-electron chi connectivity index (χ2n) is 9.08. The van der Waals surface area contributed by atoms with Crippen molar-refractivity contribution in [2.75, 3.05) is 13.7 Å². The molecule has 2 aromatic carbocycles. The molecule has 1 atom stereocenters. The Morgan fingerprint density at radius 2 is 1.82 bits per heavy atom. The first-order chi connectivity index (χ1) is 15.4. The molecule has 176 valence electrons. The minimum Gasteiger partial charge on any atom is -0.459 e. The van der Waals surface area contributed by atoms with Crippen molar-refractivity contribution in [3.8, 4) is 11.8 Å². The molecule has 0 amide bonds. The highest BCUT2D eigenvalue weighted by Gasteiger charge is 2.32. The van der Waals surface area contributed by atoms with Gasteiger partial charge in [-0.05, 0) is 57.0 Å². The number of methoxy groups -OCH3 is 1. The van der Waals surface area contributed by atoms with Crippen LogP contribution in [0, 0.1) is 17.8 Å². The minimum atomic E-state index is -4.00. The first kappa shape index (κ1) is 24.8. The van der Waals surface area contributed by atoms with Crippen LogP contribution in [0.2, 0.25) is 0 Å². The van der Waals surface area contributed by atoms with Crippen LogP contribution in [0.15, 0.2) is 45.7 Å². The van der Waals surface area contributed by atoms with E-state index in [1.165, 1.54) is 12.1 Å². The fraction of sp³-hybridized carbons (Fsp3) is 0.400. The third-order valence-corrected chi connectivity index (χ3v) is 6.25. The number of furan rings is 1. The second-order valence-corrected chi connectivity index (χ2v) is 10.8. The van der Waals surface area contributed by atoms with Crippen LogP contribution >= 0.6 is 0 Å². The fourth-order valence-corrected chi connectivity index (χ4v) is 4.62. The van der Waals surface area contributed by atoms with Gasteiger partial charge in [-0.3, -0.25) is 4.79 Å². The molecule has 0 spiro atoms. The maximum Gasteiger partial charge on any atom is 0.324 e. The monoisotopic (exact) mass is 471 g/mol. The third kappa shape index (κ3) is 5.93. The van der Waals surface area contributed by atoms with Gasteiger partial charge in [0.25, 0.3) is 0 Å². The normalized spacial score (nSPS) is 13.2. The van der Waals surface area contributed by atoms with Gasteiger partial charge >= 0.3 is 5.97 Å². The predicted molar refractivity (Wildman–Crippen MR) is 127 cm³/mol. The van der Waals surface area contributed by atoms with Gasteiger partial charge < -0.3 is 13.9 Å². The zero-order valence-electron chi connectivity index (χ0n) is 19.7. The number of carbonyl (C=O) groups is 1. The number of carbonyl (C=O) groups excluding carboxylic acids is 1. The number of esters is 1. The Kier molecular flexibility index (Phi) is 7.17. The van der Waals surface area contributed by atoms with E-state index in [0.717, 1.165) is 16.3 Å². The summed E-state index contributed by atoms with van der Waals surface area (Å²) in [6, 6.07) is 9.16. The van der Waals surface area contributed by atoms with Crippen molar-refractivity contribution in [1.82, 2.24) is 4.72 Å². The first-order valence-corrected chi connectivity index (χ1v) is 12.1. The molecule has 0 saturated carbocycles. The molecular weight excluding hydrogens is 442 g/mol. The van der Waals surface area contributed by atoms with Crippen LogP contribution in [0.1, 0.15) is 40.2 Å². The van der Waals surface area contributed by atoms with Gasteiger partial charge in [0.2, 0.25) is 10.0 Å². The van der Waals surface area contributed by atoms with Crippen LogP contribution in [0.4, 0.5) is 0 Å². The van der Waals surface area contributed by atoms with Crippen molar-refractivity contribution in [3.63, 3.8) is 0 Å². The number of benzene rings is 2. The van der Waals surface area contributed by atoms with Crippen molar-refractivity contribution in [2.45, 2.75) is 51.2 Å². The van der Waals surface area contributed by atoms with Crippen LogP contribution in [0.5, 0.6) is 0 Å². The number of sulfonamides is 1. The highest BCUT2D eigenvalue weighted by Crippen LogP contribution is 2.31. The van der Waals surface area contributed by atoms with E-state index in [1.54, 1.807) is 53.9 Å². The number of ether oxygens (including phenoxy) is 2. The Balaban J connectivity index is 1.94. The summed E-state index contributed by atoms with van der Waals surface area (Å²) in [5.74, 6) is 5.01. The van der Waals surface area contributed by atoms with Crippen LogP contribution in [-0.4, -0.2) is 39.7 Å². The number of hydrogen-bond donors (Lipinski definition) is 1. The number of hydrogen-bond acceptors (Lipinski definition) is 6. The van der Waals surface area contributed by atoms with E-state index in [9.17, 15) is 13.2 Å². The Labute approximate surface area is 194 Å². The molecule has 8 heteroatoms. The van der Waals surface area contributed by atoms with E-state index in [2.05, 4.69) is 16.6 Å². The summed E-state index contributed by atoms with van der Waals surface area (Å²) >= 11 is 0. The predicted octanol–water partition coefficient (Wildman–Crippen LogP) is 4.23. The van der Waals surface area contributed by atoms with E-state index in [1.807, 2.05) is 12.1 Å². The largest absolute Gasteiger partial charge is 0.459 e. The summed E-state index contributed by atoms with van der Waals surface area (Å²) in [7, 11) is -2.42. The highest BCUT2D eigenvalue weighted by atomic mass is 32.2. The van der Waals surface area contributed by atoms with Crippen molar-refractivity contribution in [1.29, 1.82) is 0 Å². The van der Waals surface area contributed by atoms with E-state index >= 15 is 0 Å². The summed E-state index contributed by atoms with van der Waals surface area (Å²) in [6.45, 7) is 9.06. The molecule has 3 aromatic rings. The molecule has 0 bridgehead atoms. The van der Waals surface area contributed by atoms with Gasteiger partial charge in [0.15, 0.2) is 0 Å². The first-order valence-electron chi connectivity index (χ1n) is 10.6. The minimum absolute atomic E-state index is 0.00312. The Bertz CT molecular complexity index is 1340. The lowest BCUT2D eigenvalue weighted by Gasteiger charge is -2.26. The maximum absolute atomic E-state index is 13.1. The molecule has 7 nitrogen and oxygen atoms in total. The van der Waals surface area contributed by atoms with Gasteiger partial charge in [-0.25, -0.2) is 8.42 Å². The summed E-state index contributed by atoms with van der Waals surface area (Å²) in [4.78, 5) is 12.6. The van der Waals surface area contributed by atoms with Gasteiger partial charge in [0, 0.05) is 29.5 Å². The third-order valence-electron chi connectivity index (χ3n) is 4.81. The van der Waals surface area contributed by atoms with Crippen LogP contribution in [-0.2, 0) is 24.3 Å². The molecule has 1 heterocycles. The zero-order chi connectivity index (χ0) is 24.4. The summed E-state index contributed by atoms with van der Waals surface area (Å²) in [6.07, 6.45) is 0. The molecule has 0 radical (unpaired) electrons. The molecule has 0 fully saturated rings. The number of nitrogens with one attached hydrogen (secondary N) is 1. The smallest absolute Gasteiger partial charge is 0.324 e. The molecule has 0 aliphatic carbocycles. The van der Waals surface area contributed by atoms with E-state index in [4.69, 9.17) is 13.9 Å². The quantitative estimate of drug-likeness (QED) is 0.427. The van der Waals surface area contributed by atoms with E-state index < -0.39 is 27.6 Å². The van der Waals surface area contributed by atoms with E-state index in [-0.39, 0.29) is 10.8 Å². The standard InChI is InChI=1S/C25H29NO6S/c1-16(2)23(24(27)32-25(3,4)5)26-33(28,29)18-10-11-19-20-14-17(8-7-13-30-6)9-12-21(20)31-22(19)15-18/h9-12,14-16,23,26H,13H2,1-6H3. The van der Waals surface area contributed by atoms with E-state index in [0.29, 0.717) is 17.8 Å². The van der Waals surface area contributed by atoms with Crippen LogP contribution in [0.3, 0.4) is 0 Å². The Morgan fingerprint density at radius 1 is 1.09 bits per heavy atom. The van der Waals surface area contributed by atoms with Gasteiger partial charge in [0.1, 0.15) is 29.4 Å². The molecular formula is C25H29NO6S. The zero-order valence-corrected chi connectivity index (χ0v) is 20.5. The topological polar surface area (TPSA) is 94.8 Å².